The molecule has 5 nitrogen and oxygen atoms in total. The number of benzene rings is 1. The zero-order valence-electron chi connectivity index (χ0n) is 11.8. The Labute approximate surface area is 118 Å². The summed E-state index contributed by atoms with van der Waals surface area (Å²) in [5.41, 5.74) is -0.00334. The van der Waals surface area contributed by atoms with Gasteiger partial charge in [0.25, 0.3) is 0 Å². The lowest BCUT2D eigenvalue weighted by Crippen LogP contribution is -2.40. The van der Waals surface area contributed by atoms with Crippen LogP contribution in [0.15, 0.2) is 24.3 Å². The number of nitrogens with zero attached hydrogens (tertiary/aromatic N) is 1. The van der Waals surface area contributed by atoms with Gasteiger partial charge in [0.1, 0.15) is 5.82 Å². The van der Waals surface area contributed by atoms with Crippen molar-refractivity contribution in [1.29, 1.82) is 0 Å². The number of para-hydroxylation sites is 1. The van der Waals surface area contributed by atoms with Crippen LogP contribution in [0.2, 0.25) is 0 Å². The van der Waals surface area contributed by atoms with Gasteiger partial charge in [0.2, 0.25) is 0 Å². The van der Waals surface area contributed by atoms with Crippen molar-refractivity contribution in [2.75, 3.05) is 31.5 Å². The molecular weight excluding hydrogens is 261 g/mol. The van der Waals surface area contributed by atoms with Gasteiger partial charge in [0.15, 0.2) is 0 Å². The predicted octanol–water partition coefficient (Wildman–Crippen LogP) is 1.22. The van der Waals surface area contributed by atoms with E-state index in [4.69, 9.17) is 0 Å². The summed E-state index contributed by atoms with van der Waals surface area (Å²) in [4.78, 5) is 25.2. The van der Waals surface area contributed by atoms with E-state index in [0.717, 1.165) is 13.1 Å². The Morgan fingerprint density at radius 3 is 2.40 bits per heavy atom. The minimum absolute atomic E-state index is 0.00334. The van der Waals surface area contributed by atoms with Crippen LogP contribution in [-0.4, -0.2) is 42.9 Å². The Morgan fingerprint density at radius 2 is 1.80 bits per heavy atom. The first-order valence-corrected chi connectivity index (χ1v) is 6.64. The van der Waals surface area contributed by atoms with Crippen molar-refractivity contribution in [2.24, 2.45) is 0 Å². The topological polar surface area (TPSA) is 61.4 Å². The Kier molecular flexibility index (Phi) is 6.66. The molecule has 20 heavy (non-hydrogen) atoms. The fraction of sp³-hybridized carbons (Fsp3) is 0.429. The molecule has 0 spiro atoms. The zero-order valence-corrected chi connectivity index (χ0v) is 11.8. The highest BCUT2D eigenvalue weighted by atomic mass is 19.1. The monoisotopic (exact) mass is 281 g/mol. The molecule has 0 unspecified atom stereocenters. The molecule has 0 saturated carbocycles. The number of rotatable bonds is 6. The Morgan fingerprint density at radius 1 is 1.15 bits per heavy atom. The molecule has 1 aromatic carbocycles. The smallest absolute Gasteiger partial charge is 0.313 e. The number of anilines is 1. The van der Waals surface area contributed by atoms with Crippen LogP contribution in [0.4, 0.5) is 10.1 Å². The molecule has 2 N–H and O–H groups in total. The van der Waals surface area contributed by atoms with Crippen molar-refractivity contribution in [2.45, 2.75) is 13.8 Å². The summed E-state index contributed by atoms with van der Waals surface area (Å²) >= 11 is 0. The number of carbonyl (C=O) groups excluding carboxylic acids is 2. The summed E-state index contributed by atoms with van der Waals surface area (Å²) in [5.74, 6) is -2.20. The summed E-state index contributed by atoms with van der Waals surface area (Å²) < 4.78 is 13.3. The van der Waals surface area contributed by atoms with E-state index in [9.17, 15) is 14.0 Å². The van der Waals surface area contributed by atoms with Crippen LogP contribution in [0.1, 0.15) is 13.8 Å². The lowest BCUT2D eigenvalue weighted by atomic mass is 10.3. The Hall–Kier alpha value is -1.95. The molecule has 0 heterocycles. The number of nitrogens with one attached hydrogen (secondary N) is 2. The Bertz CT molecular complexity index is 461. The van der Waals surface area contributed by atoms with Gasteiger partial charge < -0.3 is 15.5 Å². The molecule has 0 aliphatic carbocycles. The van der Waals surface area contributed by atoms with E-state index in [0.29, 0.717) is 13.1 Å². The maximum Gasteiger partial charge on any atom is 0.313 e. The molecule has 0 aliphatic rings. The van der Waals surface area contributed by atoms with Gasteiger partial charge in [-0.2, -0.15) is 0 Å². The predicted molar refractivity (Wildman–Crippen MR) is 75.8 cm³/mol. The molecule has 0 atom stereocenters. The van der Waals surface area contributed by atoms with Crippen LogP contribution in [0.5, 0.6) is 0 Å². The molecule has 0 aromatic heterocycles. The summed E-state index contributed by atoms with van der Waals surface area (Å²) in [6.07, 6.45) is 0. The van der Waals surface area contributed by atoms with Gasteiger partial charge >= 0.3 is 11.8 Å². The first kappa shape index (κ1) is 16.1. The maximum absolute atomic E-state index is 13.3. The fourth-order valence-corrected chi connectivity index (χ4v) is 1.69. The SMILES string of the molecule is CCN(CC)CCNC(=O)C(=O)Nc1ccccc1F. The highest BCUT2D eigenvalue weighted by Gasteiger charge is 2.14. The largest absolute Gasteiger partial charge is 0.347 e. The standard InChI is InChI=1S/C14H20FN3O2/c1-3-18(4-2)10-9-16-13(19)14(20)17-12-8-6-5-7-11(12)15/h5-8H,3-4,9-10H2,1-2H3,(H,16,19)(H,17,20). The van der Waals surface area contributed by atoms with Gasteiger partial charge in [-0.05, 0) is 25.2 Å². The van der Waals surface area contributed by atoms with Crippen molar-refractivity contribution in [1.82, 2.24) is 10.2 Å². The molecule has 2 amide bonds. The molecule has 0 bridgehead atoms. The first-order chi connectivity index (χ1) is 9.58. The minimum Gasteiger partial charge on any atom is -0.347 e. The number of hydrogen-bond donors (Lipinski definition) is 2. The summed E-state index contributed by atoms with van der Waals surface area (Å²) in [7, 11) is 0. The van der Waals surface area contributed by atoms with E-state index in [-0.39, 0.29) is 5.69 Å². The quantitative estimate of drug-likeness (QED) is 0.771. The molecule has 0 saturated heterocycles. The number of halogens is 1. The molecule has 0 fully saturated rings. The van der Waals surface area contributed by atoms with Crippen LogP contribution in [-0.2, 0) is 9.59 Å². The zero-order chi connectivity index (χ0) is 15.0. The number of hydrogen-bond acceptors (Lipinski definition) is 3. The third-order valence-corrected chi connectivity index (χ3v) is 2.94. The average molecular weight is 281 g/mol. The van der Waals surface area contributed by atoms with Crippen molar-refractivity contribution in [3.8, 4) is 0 Å². The van der Waals surface area contributed by atoms with Crippen LogP contribution < -0.4 is 10.6 Å². The van der Waals surface area contributed by atoms with Crippen molar-refractivity contribution >= 4 is 17.5 Å². The van der Waals surface area contributed by atoms with E-state index in [2.05, 4.69) is 15.5 Å². The summed E-state index contributed by atoms with van der Waals surface area (Å²) in [6.45, 7) is 6.87. The number of amides is 2. The van der Waals surface area contributed by atoms with E-state index in [1.54, 1.807) is 6.07 Å². The van der Waals surface area contributed by atoms with Crippen LogP contribution in [0.25, 0.3) is 0 Å². The third kappa shape index (κ3) is 4.97. The lowest BCUT2D eigenvalue weighted by Gasteiger charge is -2.17. The van der Waals surface area contributed by atoms with Gasteiger partial charge in [-0.25, -0.2) is 4.39 Å². The number of likely N-dealkylation sites (N-methyl/N-ethyl adjacent to an activating group) is 1. The van der Waals surface area contributed by atoms with Crippen molar-refractivity contribution in [3.05, 3.63) is 30.1 Å². The van der Waals surface area contributed by atoms with E-state index >= 15 is 0 Å². The van der Waals surface area contributed by atoms with Crippen LogP contribution in [0.3, 0.4) is 0 Å². The highest BCUT2D eigenvalue weighted by Crippen LogP contribution is 2.11. The maximum atomic E-state index is 13.3. The van der Waals surface area contributed by atoms with E-state index in [1.165, 1.54) is 18.2 Å². The second-order valence-electron chi connectivity index (χ2n) is 4.22. The van der Waals surface area contributed by atoms with E-state index in [1.807, 2.05) is 13.8 Å². The summed E-state index contributed by atoms with van der Waals surface area (Å²) in [6, 6.07) is 5.70. The minimum atomic E-state index is -0.866. The molecular formula is C14H20FN3O2. The fourth-order valence-electron chi connectivity index (χ4n) is 1.69. The van der Waals surface area contributed by atoms with Crippen LogP contribution >= 0.6 is 0 Å². The van der Waals surface area contributed by atoms with Gasteiger partial charge in [-0.1, -0.05) is 26.0 Å². The van der Waals surface area contributed by atoms with Crippen LogP contribution in [0, 0.1) is 5.82 Å². The number of carbonyl (C=O) groups is 2. The normalized spacial score (nSPS) is 10.4. The molecule has 1 aromatic rings. The molecule has 0 radical (unpaired) electrons. The van der Waals surface area contributed by atoms with Gasteiger partial charge in [-0.15, -0.1) is 0 Å². The molecule has 1 rings (SSSR count). The first-order valence-electron chi connectivity index (χ1n) is 6.64. The average Bonchev–Trinajstić information content (AvgIpc) is 2.45. The van der Waals surface area contributed by atoms with Gasteiger partial charge in [0.05, 0.1) is 5.69 Å². The highest BCUT2D eigenvalue weighted by molar-refractivity contribution is 6.39. The third-order valence-electron chi connectivity index (χ3n) is 2.94. The van der Waals surface area contributed by atoms with E-state index < -0.39 is 17.6 Å². The molecule has 6 heteroatoms. The van der Waals surface area contributed by atoms with Gasteiger partial charge in [-0.3, -0.25) is 9.59 Å². The molecule has 110 valence electrons. The lowest BCUT2D eigenvalue weighted by molar-refractivity contribution is -0.136. The second-order valence-corrected chi connectivity index (χ2v) is 4.22. The molecule has 0 aliphatic heterocycles. The second kappa shape index (κ2) is 8.27. The summed E-state index contributed by atoms with van der Waals surface area (Å²) in [5, 5.41) is 4.74. The van der Waals surface area contributed by atoms with Crippen molar-refractivity contribution in [3.63, 3.8) is 0 Å². The van der Waals surface area contributed by atoms with Crippen molar-refractivity contribution < 1.29 is 14.0 Å². The van der Waals surface area contributed by atoms with Gasteiger partial charge in [0, 0.05) is 13.1 Å². The Balaban J connectivity index is 2.40.